The number of amides is 2. The van der Waals surface area contributed by atoms with Gasteiger partial charge in [0.1, 0.15) is 6.33 Å². The molecule has 0 bridgehead atoms. The molecular formula is C33H38N6O5S. The maximum Gasteiger partial charge on any atom is 0.224 e. The number of carbonyl (C=O) groups is 2. The smallest absolute Gasteiger partial charge is 0.224 e. The zero-order chi connectivity index (χ0) is 31.6. The first-order valence-corrected chi connectivity index (χ1v) is 15.8. The van der Waals surface area contributed by atoms with Crippen LogP contribution in [0.2, 0.25) is 0 Å². The van der Waals surface area contributed by atoms with Crippen molar-refractivity contribution in [1.29, 1.82) is 0 Å². The second kappa shape index (κ2) is 15.7. The lowest BCUT2D eigenvalue weighted by atomic mass is 10.0. The third kappa shape index (κ3) is 9.14. The first-order chi connectivity index (χ1) is 21.9. The SMILES string of the molecule is Cn1cnnc1SC[C@H]1C[C@@H](c2ccc(CO)cc2)O[C@@H](c2ccc(CNC(=O)CCCC(=O)Nc3ccccc3N)cc2)O1. The van der Waals surface area contributed by atoms with E-state index in [-0.39, 0.29) is 43.5 Å². The van der Waals surface area contributed by atoms with Gasteiger partial charge in [-0.3, -0.25) is 9.59 Å². The number of aliphatic hydroxyl groups excluding tert-OH is 1. The molecule has 5 N–H and O–H groups in total. The Bertz CT molecular complexity index is 1560. The lowest BCUT2D eigenvalue weighted by Gasteiger charge is -2.36. The van der Waals surface area contributed by atoms with Gasteiger partial charge in [0.2, 0.25) is 11.8 Å². The standard InChI is InChI=1S/C33H38N6O5S/c1-39-21-36-38-33(39)45-20-26-17-29(24-13-11-23(19-40)12-14-24)44-32(43-26)25-15-9-22(10-16-25)18-35-30(41)7-4-8-31(42)37-28-6-3-2-5-27(28)34/h2-3,5-6,9-16,21,26,29,32,40H,4,7-8,17-20,34H2,1H3,(H,35,41)(H,37,42)/t26-,29+,32+/m1/s1. The number of hydrogen-bond donors (Lipinski definition) is 4. The lowest BCUT2D eigenvalue weighted by molar-refractivity contribution is -0.245. The van der Waals surface area contributed by atoms with E-state index in [1.807, 2.05) is 60.1 Å². The van der Waals surface area contributed by atoms with Gasteiger partial charge in [0.25, 0.3) is 0 Å². The number of nitrogens with two attached hydrogens (primary N) is 1. The first kappa shape index (κ1) is 32.2. The Morgan fingerprint density at radius 3 is 2.40 bits per heavy atom. The molecule has 12 heteroatoms. The zero-order valence-corrected chi connectivity index (χ0v) is 25.9. The number of aryl methyl sites for hydroxylation is 1. The van der Waals surface area contributed by atoms with Crippen molar-refractivity contribution in [2.75, 3.05) is 16.8 Å². The van der Waals surface area contributed by atoms with Crippen molar-refractivity contribution in [3.63, 3.8) is 0 Å². The molecule has 3 aromatic carbocycles. The summed E-state index contributed by atoms with van der Waals surface area (Å²) in [5.74, 6) is 0.384. The van der Waals surface area contributed by atoms with Crippen molar-refractivity contribution < 1.29 is 24.2 Å². The number of aromatic nitrogens is 3. The van der Waals surface area contributed by atoms with Crippen LogP contribution in [-0.2, 0) is 39.3 Å². The van der Waals surface area contributed by atoms with Crippen LogP contribution in [0.1, 0.15) is 60.3 Å². The van der Waals surface area contributed by atoms with Gasteiger partial charge in [-0.15, -0.1) is 10.2 Å². The van der Waals surface area contributed by atoms with Crippen LogP contribution < -0.4 is 16.4 Å². The summed E-state index contributed by atoms with van der Waals surface area (Å²) in [6.45, 7) is 0.359. The van der Waals surface area contributed by atoms with Gasteiger partial charge >= 0.3 is 0 Å². The van der Waals surface area contributed by atoms with Crippen LogP contribution in [0, 0.1) is 0 Å². The molecule has 1 aliphatic heterocycles. The van der Waals surface area contributed by atoms with Crippen molar-refractivity contribution in [2.24, 2.45) is 7.05 Å². The van der Waals surface area contributed by atoms with E-state index in [2.05, 4.69) is 20.8 Å². The van der Waals surface area contributed by atoms with Gasteiger partial charge in [-0.1, -0.05) is 72.4 Å². The summed E-state index contributed by atoms with van der Waals surface area (Å²) >= 11 is 1.59. The highest BCUT2D eigenvalue weighted by Crippen LogP contribution is 2.39. The van der Waals surface area contributed by atoms with Gasteiger partial charge in [0.05, 0.1) is 30.2 Å². The van der Waals surface area contributed by atoms with Crippen LogP contribution in [0.15, 0.2) is 84.3 Å². The second-order valence-electron chi connectivity index (χ2n) is 10.9. The Hall–Kier alpha value is -4.23. The van der Waals surface area contributed by atoms with Crippen LogP contribution in [0.4, 0.5) is 11.4 Å². The van der Waals surface area contributed by atoms with Crippen molar-refractivity contribution in [2.45, 2.75) is 62.5 Å². The maximum absolute atomic E-state index is 12.4. The van der Waals surface area contributed by atoms with E-state index in [0.717, 1.165) is 27.4 Å². The lowest BCUT2D eigenvalue weighted by Crippen LogP contribution is -2.31. The molecule has 11 nitrogen and oxygen atoms in total. The predicted molar refractivity (Wildman–Crippen MR) is 172 cm³/mol. The topological polar surface area (TPSA) is 154 Å². The van der Waals surface area contributed by atoms with Gasteiger partial charge < -0.3 is 35.5 Å². The molecule has 2 heterocycles. The van der Waals surface area contributed by atoms with Crippen LogP contribution >= 0.6 is 11.8 Å². The van der Waals surface area contributed by atoms with E-state index in [1.165, 1.54) is 0 Å². The third-order valence-corrected chi connectivity index (χ3v) is 8.63. The Morgan fingerprint density at radius 2 is 1.69 bits per heavy atom. The molecular weight excluding hydrogens is 592 g/mol. The molecule has 0 unspecified atom stereocenters. The molecule has 1 fully saturated rings. The number of rotatable bonds is 13. The Labute approximate surface area is 266 Å². The predicted octanol–water partition coefficient (Wildman–Crippen LogP) is 4.65. The molecule has 0 aliphatic carbocycles. The minimum Gasteiger partial charge on any atom is -0.397 e. The summed E-state index contributed by atoms with van der Waals surface area (Å²) in [4.78, 5) is 24.6. The highest BCUT2D eigenvalue weighted by molar-refractivity contribution is 7.99. The van der Waals surface area contributed by atoms with E-state index in [9.17, 15) is 14.7 Å². The molecule has 1 aliphatic rings. The summed E-state index contributed by atoms with van der Waals surface area (Å²) in [6.07, 6.45) is 2.38. The maximum atomic E-state index is 12.4. The van der Waals surface area contributed by atoms with Gasteiger partial charge in [-0.2, -0.15) is 0 Å². The number of carbonyl (C=O) groups excluding carboxylic acids is 2. The fraction of sp³-hybridized carbons (Fsp3) is 0.333. The Morgan fingerprint density at radius 1 is 0.978 bits per heavy atom. The molecule has 0 radical (unpaired) electrons. The van der Waals surface area contributed by atoms with Crippen LogP contribution in [0.3, 0.4) is 0 Å². The molecule has 45 heavy (non-hydrogen) atoms. The van der Waals surface area contributed by atoms with Crippen molar-refractivity contribution in [3.8, 4) is 0 Å². The number of thioether (sulfide) groups is 1. The molecule has 5 rings (SSSR count). The summed E-state index contributed by atoms with van der Waals surface area (Å²) in [5, 5.41) is 24.1. The number of anilines is 2. The number of nitrogens with one attached hydrogen (secondary N) is 2. The average molecular weight is 631 g/mol. The summed E-state index contributed by atoms with van der Waals surface area (Å²) < 4.78 is 14.7. The van der Waals surface area contributed by atoms with Crippen molar-refractivity contribution >= 4 is 35.0 Å². The van der Waals surface area contributed by atoms with Crippen molar-refractivity contribution in [3.05, 3.63) is 101 Å². The van der Waals surface area contributed by atoms with Gasteiger partial charge in [-0.05, 0) is 35.2 Å². The van der Waals surface area contributed by atoms with Crippen LogP contribution in [-0.4, -0.2) is 43.5 Å². The summed E-state index contributed by atoms with van der Waals surface area (Å²) in [5.41, 5.74) is 10.6. The van der Waals surface area contributed by atoms with E-state index in [1.54, 1.807) is 42.4 Å². The summed E-state index contributed by atoms with van der Waals surface area (Å²) in [6, 6.07) is 22.7. The fourth-order valence-corrected chi connectivity index (χ4v) is 5.81. The molecule has 1 aromatic heterocycles. The highest BCUT2D eigenvalue weighted by atomic mass is 32.2. The number of para-hydroxylation sites is 2. The van der Waals surface area contributed by atoms with Crippen molar-refractivity contribution in [1.82, 2.24) is 20.1 Å². The number of nitrogen functional groups attached to an aromatic ring is 1. The number of aliphatic hydroxyl groups is 1. The molecule has 3 atom stereocenters. The normalized spacial score (nSPS) is 18.0. The molecule has 236 valence electrons. The molecule has 1 saturated heterocycles. The Kier molecular flexibility index (Phi) is 11.2. The summed E-state index contributed by atoms with van der Waals surface area (Å²) in [7, 11) is 1.91. The molecule has 2 amide bonds. The zero-order valence-electron chi connectivity index (χ0n) is 25.1. The van der Waals surface area contributed by atoms with Gasteiger partial charge in [0, 0.05) is 44.2 Å². The van der Waals surface area contributed by atoms with Crippen LogP contribution in [0.25, 0.3) is 0 Å². The quantitative estimate of drug-likeness (QED) is 0.122. The monoisotopic (exact) mass is 630 g/mol. The largest absolute Gasteiger partial charge is 0.397 e. The number of nitrogens with zero attached hydrogens (tertiary/aromatic N) is 3. The minimum absolute atomic E-state index is 0.0108. The number of benzene rings is 3. The number of hydrogen-bond acceptors (Lipinski definition) is 9. The van der Waals surface area contributed by atoms with E-state index >= 15 is 0 Å². The van der Waals surface area contributed by atoms with Gasteiger partial charge in [0.15, 0.2) is 11.4 Å². The van der Waals surface area contributed by atoms with E-state index in [4.69, 9.17) is 15.2 Å². The van der Waals surface area contributed by atoms with Gasteiger partial charge in [-0.25, -0.2) is 0 Å². The minimum atomic E-state index is -0.576. The molecule has 0 saturated carbocycles. The highest BCUT2D eigenvalue weighted by Gasteiger charge is 2.32. The van der Waals surface area contributed by atoms with E-state index < -0.39 is 6.29 Å². The first-order valence-electron chi connectivity index (χ1n) is 14.8. The van der Waals surface area contributed by atoms with Crippen LogP contribution in [0.5, 0.6) is 0 Å². The molecule has 4 aromatic rings. The third-order valence-electron chi connectivity index (χ3n) is 7.47. The average Bonchev–Trinajstić information content (AvgIpc) is 3.48. The second-order valence-corrected chi connectivity index (χ2v) is 11.9. The number of ether oxygens (including phenoxy) is 2. The fourth-order valence-electron chi connectivity index (χ4n) is 4.91. The van der Waals surface area contributed by atoms with E-state index in [0.29, 0.717) is 36.5 Å². The Balaban J connectivity index is 1.13. The molecule has 0 spiro atoms.